The summed E-state index contributed by atoms with van der Waals surface area (Å²) in [5.74, 6) is 0.478. The van der Waals surface area contributed by atoms with Crippen LogP contribution in [0.15, 0.2) is 23.6 Å². The SMILES string of the molecule is O=C(CNC(=O)c1ccc2c(c1)OCO2)Nc1nc(CN2CCCCC2)cs1. The molecule has 2 N–H and O–H groups in total. The van der Waals surface area contributed by atoms with Crippen molar-refractivity contribution in [1.29, 1.82) is 0 Å². The van der Waals surface area contributed by atoms with Gasteiger partial charge in [0.1, 0.15) is 0 Å². The average molecular weight is 402 g/mol. The second-order valence-electron chi connectivity index (χ2n) is 6.78. The first-order chi connectivity index (χ1) is 13.7. The van der Waals surface area contributed by atoms with Crippen molar-refractivity contribution in [2.45, 2.75) is 25.8 Å². The number of hydrogen-bond donors (Lipinski definition) is 2. The highest BCUT2D eigenvalue weighted by Crippen LogP contribution is 2.32. The molecule has 9 heteroatoms. The van der Waals surface area contributed by atoms with Crippen molar-refractivity contribution in [2.75, 3.05) is 31.7 Å². The molecule has 1 aromatic heterocycles. The van der Waals surface area contributed by atoms with Crippen molar-refractivity contribution in [3.63, 3.8) is 0 Å². The molecule has 0 bridgehead atoms. The Balaban J connectivity index is 1.24. The van der Waals surface area contributed by atoms with Gasteiger partial charge in [-0.15, -0.1) is 11.3 Å². The first-order valence-corrected chi connectivity index (χ1v) is 10.2. The number of aromatic nitrogens is 1. The van der Waals surface area contributed by atoms with E-state index in [1.165, 1.54) is 30.6 Å². The number of likely N-dealkylation sites (tertiary alicyclic amines) is 1. The number of nitrogens with one attached hydrogen (secondary N) is 2. The van der Waals surface area contributed by atoms with Crippen LogP contribution in [-0.4, -0.2) is 48.1 Å². The summed E-state index contributed by atoms with van der Waals surface area (Å²) in [7, 11) is 0. The van der Waals surface area contributed by atoms with Gasteiger partial charge in [0, 0.05) is 17.5 Å². The summed E-state index contributed by atoms with van der Waals surface area (Å²) in [5.41, 5.74) is 1.38. The lowest BCUT2D eigenvalue weighted by Crippen LogP contribution is -2.32. The van der Waals surface area contributed by atoms with Gasteiger partial charge in [-0.05, 0) is 44.1 Å². The van der Waals surface area contributed by atoms with Crippen molar-refractivity contribution < 1.29 is 19.1 Å². The largest absolute Gasteiger partial charge is 0.454 e. The van der Waals surface area contributed by atoms with Gasteiger partial charge in [0.15, 0.2) is 16.6 Å². The maximum absolute atomic E-state index is 12.2. The first-order valence-electron chi connectivity index (χ1n) is 9.32. The molecule has 0 atom stereocenters. The first kappa shape index (κ1) is 18.7. The third-order valence-electron chi connectivity index (χ3n) is 4.68. The van der Waals surface area contributed by atoms with Crippen LogP contribution in [0.4, 0.5) is 5.13 Å². The van der Waals surface area contributed by atoms with Crippen LogP contribution in [0.3, 0.4) is 0 Å². The molecular weight excluding hydrogens is 380 g/mol. The number of benzene rings is 1. The zero-order chi connectivity index (χ0) is 19.3. The number of carbonyl (C=O) groups excluding carboxylic acids is 2. The predicted octanol–water partition coefficient (Wildman–Crippen LogP) is 2.23. The van der Waals surface area contributed by atoms with Gasteiger partial charge < -0.3 is 20.1 Å². The van der Waals surface area contributed by atoms with E-state index in [1.807, 2.05) is 5.38 Å². The monoisotopic (exact) mass is 402 g/mol. The highest BCUT2D eigenvalue weighted by molar-refractivity contribution is 7.13. The number of ether oxygens (including phenoxy) is 2. The Morgan fingerprint density at radius 1 is 1.14 bits per heavy atom. The van der Waals surface area contributed by atoms with E-state index in [1.54, 1.807) is 18.2 Å². The number of rotatable bonds is 6. The minimum absolute atomic E-state index is 0.131. The number of fused-ring (bicyclic) bond motifs is 1. The van der Waals surface area contributed by atoms with Gasteiger partial charge in [-0.3, -0.25) is 14.5 Å². The molecule has 1 aromatic carbocycles. The third-order valence-corrected chi connectivity index (χ3v) is 5.48. The number of thiazole rings is 1. The van der Waals surface area contributed by atoms with Crippen LogP contribution in [-0.2, 0) is 11.3 Å². The quantitative estimate of drug-likeness (QED) is 0.770. The number of amides is 2. The molecule has 2 aliphatic heterocycles. The van der Waals surface area contributed by atoms with Gasteiger partial charge in [-0.25, -0.2) is 4.98 Å². The topological polar surface area (TPSA) is 92.8 Å². The minimum Gasteiger partial charge on any atom is -0.454 e. The lowest BCUT2D eigenvalue weighted by atomic mass is 10.1. The number of anilines is 1. The summed E-state index contributed by atoms with van der Waals surface area (Å²) in [4.78, 5) is 31.2. The van der Waals surface area contributed by atoms with Gasteiger partial charge in [0.05, 0.1) is 12.2 Å². The Bertz CT molecular complexity index is 863. The van der Waals surface area contributed by atoms with Gasteiger partial charge in [0.25, 0.3) is 5.91 Å². The van der Waals surface area contributed by atoms with Gasteiger partial charge in [-0.1, -0.05) is 6.42 Å². The zero-order valence-corrected chi connectivity index (χ0v) is 16.2. The van der Waals surface area contributed by atoms with Crippen molar-refractivity contribution >= 4 is 28.3 Å². The van der Waals surface area contributed by atoms with E-state index in [9.17, 15) is 9.59 Å². The smallest absolute Gasteiger partial charge is 0.251 e. The molecule has 28 heavy (non-hydrogen) atoms. The van der Waals surface area contributed by atoms with Crippen LogP contribution in [0.1, 0.15) is 35.3 Å². The summed E-state index contributed by atoms with van der Waals surface area (Å²) in [6, 6.07) is 4.91. The Morgan fingerprint density at radius 2 is 1.96 bits per heavy atom. The molecule has 0 saturated carbocycles. The van der Waals surface area contributed by atoms with Crippen molar-refractivity contribution in [1.82, 2.24) is 15.2 Å². The lowest BCUT2D eigenvalue weighted by Gasteiger charge is -2.25. The maximum Gasteiger partial charge on any atom is 0.251 e. The van der Waals surface area contributed by atoms with E-state index in [0.717, 1.165) is 25.3 Å². The fraction of sp³-hybridized carbons (Fsp3) is 0.421. The van der Waals surface area contributed by atoms with E-state index < -0.39 is 0 Å². The van der Waals surface area contributed by atoms with Crippen LogP contribution < -0.4 is 20.1 Å². The van der Waals surface area contributed by atoms with Crippen molar-refractivity contribution in [2.24, 2.45) is 0 Å². The second kappa shape index (κ2) is 8.57. The fourth-order valence-electron chi connectivity index (χ4n) is 3.25. The van der Waals surface area contributed by atoms with E-state index >= 15 is 0 Å². The molecule has 0 spiro atoms. The van der Waals surface area contributed by atoms with Gasteiger partial charge in [-0.2, -0.15) is 0 Å². The Labute approximate surface area is 166 Å². The molecule has 2 amide bonds. The molecule has 0 aliphatic carbocycles. The van der Waals surface area contributed by atoms with E-state index in [-0.39, 0.29) is 25.2 Å². The summed E-state index contributed by atoms with van der Waals surface area (Å²) in [5, 5.41) is 7.86. The molecule has 1 saturated heterocycles. The van der Waals surface area contributed by atoms with Crippen LogP contribution >= 0.6 is 11.3 Å². The Kier molecular flexibility index (Phi) is 5.73. The molecule has 148 valence electrons. The van der Waals surface area contributed by atoms with E-state index in [0.29, 0.717) is 22.2 Å². The van der Waals surface area contributed by atoms with Crippen LogP contribution in [0.5, 0.6) is 11.5 Å². The molecule has 0 unspecified atom stereocenters. The van der Waals surface area contributed by atoms with Crippen molar-refractivity contribution in [3.8, 4) is 11.5 Å². The predicted molar refractivity (Wildman–Crippen MR) is 105 cm³/mol. The molecule has 2 aliphatic rings. The standard InChI is InChI=1S/C19H22N4O4S/c24-17(9-20-18(25)13-4-5-15-16(8-13)27-12-26-15)22-19-21-14(11-28-19)10-23-6-2-1-3-7-23/h4-5,8,11H,1-3,6-7,9-10,12H2,(H,20,25)(H,21,22,24). The molecule has 1 fully saturated rings. The second-order valence-corrected chi connectivity index (χ2v) is 7.64. The third kappa shape index (κ3) is 4.60. The number of nitrogens with zero attached hydrogens (tertiary/aromatic N) is 2. The molecular formula is C19H22N4O4S. The fourth-order valence-corrected chi connectivity index (χ4v) is 3.97. The molecule has 8 nitrogen and oxygen atoms in total. The molecule has 2 aromatic rings. The Hall–Kier alpha value is -2.65. The van der Waals surface area contributed by atoms with Crippen LogP contribution in [0.2, 0.25) is 0 Å². The summed E-state index contributed by atoms with van der Waals surface area (Å²) in [6.07, 6.45) is 3.76. The molecule has 3 heterocycles. The number of carbonyl (C=O) groups is 2. The molecule has 0 radical (unpaired) electrons. The average Bonchev–Trinajstić information content (AvgIpc) is 3.35. The highest BCUT2D eigenvalue weighted by atomic mass is 32.1. The Morgan fingerprint density at radius 3 is 2.82 bits per heavy atom. The molecule has 4 rings (SSSR count). The minimum atomic E-state index is -0.349. The van der Waals surface area contributed by atoms with E-state index in [2.05, 4.69) is 20.5 Å². The van der Waals surface area contributed by atoms with E-state index in [4.69, 9.17) is 9.47 Å². The lowest BCUT2D eigenvalue weighted by molar-refractivity contribution is -0.115. The summed E-state index contributed by atoms with van der Waals surface area (Å²) in [6.45, 7) is 3.04. The van der Waals surface area contributed by atoms with Gasteiger partial charge >= 0.3 is 0 Å². The zero-order valence-electron chi connectivity index (χ0n) is 15.4. The van der Waals surface area contributed by atoms with Crippen LogP contribution in [0.25, 0.3) is 0 Å². The number of hydrogen-bond acceptors (Lipinski definition) is 7. The highest BCUT2D eigenvalue weighted by Gasteiger charge is 2.17. The summed E-state index contributed by atoms with van der Waals surface area (Å²) < 4.78 is 10.5. The summed E-state index contributed by atoms with van der Waals surface area (Å²) >= 11 is 1.40. The van der Waals surface area contributed by atoms with Crippen LogP contribution in [0, 0.1) is 0 Å². The van der Waals surface area contributed by atoms with Crippen molar-refractivity contribution in [3.05, 3.63) is 34.8 Å². The van der Waals surface area contributed by atoms with Gasteiger partial charge in [0.2, 0.25) is 12.7 Å². The normalized spacial score (nSPS) is 16.0. The maximum atomic E-state index is 12.2. The number of piperidine rings is 1.